The maximum absolute atomic E-state index is 12.9. The molecule has 0 heterocycles. The zero-order valence-corrected chi connectivity index (χ0v) is 19.1. The van der Waals surface area contributed by atoms with E-state index in [-0.39, 0.29) is 4.43 Å². The Morgan fingerprint density at radius 2 is 1.63 bits per heavy atom. The summed E-state index contributed by atoms with van der Waals surface area (Å²) >= 11 is 1.69. The summed E-state index contributed by atoms with van der Waals surface area (Å²) in [5, 5.41) is 31.9. The molecule has 1 rings (SSSR count). The van der Waals surface area contributed by atoms with Gasteiger partial charge in [0.15, 0.2) is 23.0 Å². The van der Waals surface area contributed by atoms with Crippen molar-refractivity contribution in [3.8, 4) is 5.75 Å². The van der Waals surface area contributed by atoms with Gasteiger partial charge < -0.3 is 20.1 Å². The molecular formula is C20H24INO8. The number of aliphatic hydroxyl groups is 3. The highest BCUT2D eigenvalue weighted by Gasteiger charge is 2.67. The van der Waals surface area contributed by atoms with Gasteiger partial charge in [-0.15, -0.1) is 0 Å². The van der Waals surface area contributed by atoms with Crippen LogP contribution in [0, 0.1) is 0 Å². The van der Waals surface area contributed by atoms with Crippen LogP contribution in [0.4, 0.5) is 0 Å². The molecule has 1 aromatic rings. The van der Waals surface area contributed by atoms with Gasteiger partial charge in [0.05, 0.1) is 13.2 Å². The van der Waals surface area contributed by atoms with Crippen LogP contribution in [0.1, 0.15) is 26.3 Å². The normalized spacial score (nSPS) is 17.5. The molecule has 0 saturated heterocycles. The fourth-order valence-electron chi connectivity index (χ4n) is 3.01. The van der Waals surface area contributed by atoms with Gasteiger partial charge >= 0.3 is 0 Å². The molecule has 164 valence electrons. The number of alkyl halides is 1. The van der Waals surface area contributed by atoms with Crippen LogP contribution in [0.5, 0.6) is 5.75 Å². The molecule has 4 atom stereocenters. The molecule has 10 heteroatoms. The number of aliphatic hydroxyl groups excluding tert-OH is 2. The Bertz CT molecular complexity index is 853. The van der Waals surface area contributed by atoms with Crippen LogP contribution in [-0.2, 0) is 19.2 Å². The van der Waals surface area contributed by atoms with Crippen molar-refractivity contribution in [1.82, 2.24) is 0 Å². The zero-order valence-electron chi connectivity index (χ0n) is 17.0. The van der Waals surface area contributed by atoms with Gasteiger partial charge in [0.1, 0.15) is 11.9 Å². The van der Waals surface area contributed by atoms with E-state index in [1.165, 1.54) is 19.2 Å². The molecule has 0 radical (unpaired) electrons. The quantitative estimate of drug-likeness (QED) is 0.119. The Hall–Kier alpha value is -2.02. The van der Waals surface area contributed by atoms with Crippen molar-refractivity contribution in [2.75, 3.05) is 11.5 Å². The Kier molecular flexibility index (Phi) is 8.96. The molecule has 9 nitrogen and oxygen atoms in total. The van der Waals surface area contributed by atoms with Gasteiger partial charge in [0.2, 0.25) is 11.3 Å². The Morgan fingerprint density at radius 3 is 2.00 bits per heavy atom. The average molecular weight is 533 g/mol. The Labute approximate surface area is 187 Å². The molecule has 0 aliphatic rings. The molecule has 0 aliphatic carbocycles. The number of methoxy groups -OCH3 is 1. The van der Waals surface area contributed by atoms with Crippen LogP contribution in [0.3, 0.4) is 0 Å². The van der Waals surface area contributed by atoms with Crippen LogP contribution in [-0.4, -0.2) is 79.6 Å². The molecule has 0 bridgehead atoms. The van der Waals surface area contributed by atoms with Crippen LogP contribution in [0.15, 0.2) is 29.3 Å². The molecule has 1 aromatic carbocycles. The highest BCUT2D eigenvalue weighted by molar-refractivity contribution is 14.1. The van der Waals surface area contributed by atoms with Crippen molar-refractivity contribution < 1.29 is 39.2 Å². The molecule has 30 heavy (non-hydrogen) atoms. The Balaban J connectivity index is 3.83. The van der Waals surface area contributed by atoms with Crippen molar-refractivity contribution in [2.45, 2.75) is 44.1 Å². The summed E-state index contributed by atoms with van der Waals surface area (Å²) < 4.78 is 4.89. The number of Topliss-reactive ketones (excluding diaryl/α,β-unsaturated/α-hetero) is 4. The van der Waals surface area contributed by atoms with E-state index in [1.807, 2.05) is 0 Å². The monoisotopic (exact) mass is 533 g/mol. The molecule has 0 amide bonds. The maximum atomic E-state index is 12.9. The summed E-state index contributed by atoms with van der Waals surface area (Å²) in [5.74, 6) is -4.49. The summed E-state index contributed by atoms with van der Waals surface area (Å²) in [5.41, 5.74) is -5.82. The topological polar surface area (TPSA) is 151 Å². The van der Waals surface area contributed by atoms with Gasteiger partial charge in [-0.25, -0.2) is 0 Å². The van der Waals surface area contributed by atoms with Crippen LogP contribution in [0.2, 0.25) is 0 Å². The Morgan fingerprint density at radius 1 is 1.10 bits per heavy atom. The third-order valence-electron chi connectivity index (χ3n) is 4.72. The van der Waals surface area contributed by atoms with E-state index < -0.39 is 46.5 Å². The third kappa shape index (κ3) is 4.66. The van der Waals surface area contributed by atoms with Crippen molar-refractivity contribution in [1.29, 1.82) is 0 Å². The summed E-state index contributed by atoms with van der Waals surface area (Å²) in [6.45, 7) is 2.55. The number of carbonyl (C=O) groups is 4. The molecule has 0 saturated carbocycles. The first-order valence-corrected chi connectivity index (χ1v) is 10.3. The van der Waals surface area contributed by atoms with Crippen LogP contribution >= 0.6 is 22.6 Å². The lowest BCUT2D eigenvalue weighted by atomic mass is 9.67. The second kappa shape index (κ2) is 10.3. The highest BCUT2D eigenvalue weighted by Crippen LogP contribution is 2.35. The predicted molar refractivity (Wildman–Crippen MR) is 116 cm³/mol. The summed E-state index contributed by atoms with van der Waals surface area (Å²) in [6, 6.07) is 6.17. The number of ether oxygens (including phenoxy) is 1. The van der Waals surface area contributed by atoms with Crippen molar-refractivity contribution in [3.63, 3.8) is 0 Å². The first-order chi connectivity index (χ1) is 13.9. The van der Waals surface area contributed by atoms with Gasteiger partial charge in [-0.05, 0) is 43.7 Å². The molecule has 0 unspecified atom stereocenters. The summed E-state index contributed by atoms with van der Waals surface area (Å²) in [7, 11) is 1.46. The fourth-order valence-corrected chi connectivity index (χ4v) is 3.49. The zero-order chi connectivity index (χ0) is 23.3. The van der Waals surface area contributed by atoms with Gasteiger partial charge in [-0.3, -0.25) is 24.2 Å². The van der Waals surface area contributed by atoms with Crippen LogP contribution in [0.25, 0.3) is 0 Å². The number of aliphatic imine (C=N–C) groups is 1. The van der Waals surface area contributed by atoms with Crippen molar-refractivity contribution >= 4 is 51.9 Å². The van der Waals surface area contributed by atoms with Gasteiger partial charge in [-0.2, -0.15) is 0 Å². The van der Waals surface area contributed by atoms with Crippen LogP contribution < -0.4 is 4.74 Å². The smallest absolute Gasteiger partial charge is 0.236 e. The lowest BCUT2D eigenvalue weighted by Crippen LogP contribution is -2.73. The highest BCUT2D eigenvalue weighted by atomic mass is 127. The van der Waals surface area contributed by atoms with Crippen molar-refractivity contribution in [3.05, 3.63) is 29.8 Å². The lowest BCUT2D eigenvalue weighted by molar-refractivity contribution is -0.182. The summed E-state index contributed by atoms with van der Waals surface area (Å²) in [4.78, 5) is 53.9. The first-order valence-electron chi connectivity index (χ1n) is 8.81. The fraction of sp³-hybridized carbons (Fsp3) is 0.450. The summed E-state index contributed by atoms with van der Waals surface area (Å²) in [6.07, 6.45) is -2.93. The number of nitrogens with zero attached hydrogens (tertiary/aromatic N) is 1. The second-order valence-electron chi connectivity index (χ2n) is 6.67. The minimum absolute atomic E-state index is 0.140. The first kappa shape index (κ1) is 26.0. The van der Waals surface area contributed by atoms with Gasteiger partial charge in [0.25, 0.3) is 0 Å². The number of halogens is 1. The van der Waals surface area contributed by atoms with E-state index in [9.17, 15) is 34.5 Å². The second-order valence-corrected chi connectivity index (χ2v) is 7.55. The van der Waals surface area contributed by atoms with Crippen molar-refractivity contribution in [2.24, 2.45) is 4.99 Å². The van der Waals surface area contributed by atoms with E-state index in [0.29, 0.717) is 11.3 Å². The number of carbonyl (C=O) groups excluding carboxylic acids is 4. The maximum Gasteiger partial charge on any atom is 0.236 e. The average Bonchev–Trinajstić information content (AvgIpc) is 2.72. The van der Waals surface area contributed by atoms with E-state index >= 15 is 0 Å². The number of benzene rings is 1. The third-order valence-corrected chi connectivity index (χ3v) is 5.62. The predicted octanol–water partition coefficient (Wildman–Crippen LogP) is 0.0769. The minimum Gasteiger partial charge on any atom is -0.497 e. The molecule has 0 aromatic heterocycles. The number of hydrogen-bond donors (Lipinski definition) is 3. The number of hydrogen-bond acceptors (Lipinski definition) is 9. The van der Waals surface area contributed by atoms with E-state index in [4.69, 9.17) is 4.74 Å². The molecule has 0 aliphatic heterocycles. The van der Waals surface area contributed by atoms with Gasteiger partial charge in [-0.1, -0.05) is 22.6 Å². The number of rotatable bonds is 11. The molecule has 3 N–H and O–H groups in total. The largest absolute Gasteiger partial charge is 0.497 e. The molecular weight excluding hydrogens is 509 g/mol. The standard InChI is InChI=1S/C20H24INO8/c1-11(23)17(27)19(12(2)24,20(29,13(3)25)18(28)16(26)9-21)22-10-14-5-7-15(30-4)8-6-14/h5-8,10,16,18,26,28-29H,9H2,1-4H3/t16-,18-,19+,20+/m1/s1. The molecule has 0 spiro atoms. The minimum atomic E-state index is -3.19. The SMILES string of the molecule is COc1ccc(C=N[C@@](C(C)=O)(C(=O)C(C)=O)[C@](O)(C(C)=O)[C@H](O)[C@H](O)CI)cc1. The van der Waals surface area contributed by atoms with E-state index in [0.717, 1.165) is 27.0 Å². The number of ketones is 4. The molecule has 0 fully saturated rings. The van der Waals surface area contributed by atoms with Gasteiger partial charge in [0, 0.05) is 17.6 Å². The van der Waals surface area contributed by atoms with E-state index in [2.05, 4.69) is 4.99 Å². The lowest BCUT2D eigenvalue weighted by Gasteiger charge is -2.43. The van der Waals surface area contributed by atoms with E-state index in [1.54, 1.807) is 34.7 Å².